The molecular weight excluding hydrogens is 328 g/mol. The zero-order valence-corrected chi connectivity index (χ0v) is 13.5. The fourth-order valence-corrected chi connectivity index (χ4v) is 2.65. The monoisotopic (exact) mass is 342 g/mol. The molecule has 0 aliphatic carbocycles. The van der Waals surface area contributed by atoms with Crippen molar-refractivity contribution in [3.05, 3.63) is 59.2 Å². The number of aryl methyl sites for hydroxylation is 1. The molecule has 2 amide bonds. The van der Waals surface area contributed by atoms with Crippen LogP contribution in [0, 0.1) is 0 Å². The highest BCUT2D eigenvalue weighted by Crippen LogP contribution is 2.22. The van der Waals surface area contributed by atoms with Crippen LogP contribution in [0.2, 0.25) is 5.02 Å². The molecule has 0 fully saturated rings. The van der Waals surface area contributed by atoms with Gasteiger partial charge in [-0.15, -0.1) is 0 Å². The number of benzene rings is 2. The summed E-state index contributed by atoms with van der Waals surface area (Å²) in [6.45, 7) is 0.422. The van der Waals surface area contributed by atoms with Gasteiger partial charge in [-0.05, 0) is 30.3 Å². The van der Waals surface area contributed by atoms with Crippen LogP contribution in [-0.4, -0.2) is 21.6 Å². The van der Waals surface area contributed by atoms with E-state index in [0.717, 1.165) is 10.9 Å². The normalized spacial score (nSPS) is 10.7. The van der Waals surface area contributed by atoms with Gasteiger partial charge < -0.3 is 11.1 Å². The lowest BCUT2D eigenvalue weighted by Gasteiger charge is -2.07. The summed E-state index contributed by atoms with van der Waals surface area (Å²) in [4.78, 5) is 23.3. The number of nitrogens with one attached hydrogen (secondary N) is 1. The summed E-state index contributed by atoms with van der Waals surface area (Å²) in [5, 5.41) is 8.49. The molecular formula is C17H15ClN4O2. The van der Waals surface area contributed by atoms with Crippen molar-refractivity contribution in [2.45, 2.75) is 13.0 Å². The molecule has 0 bridgehead atoms. The van der Waals surface area contributed by atoms with Gasteiger partial charge >= 0.3 is 0 Å². The highest BCUT2D eigenvalue weighted by molar-refractivity contribution is 6.35. The minimum atomic E-state index is -0.536. The molecule has 2 aromatic carbocycles. The molecule has 3 rings (SSSR count). The maximum atomic E-state index is 12.1. The van der Waals surface area contributed by atoms with E-state index < -0.39 is 5.91 Å². The summed E-state index contributed by atoms with van der Waals surface area (Å²) < 4.78 is 1.74. The molecule has 24 heavy (non-hydrogen) atoms. The second-order valence-electron chi connectivity index (χ2n) is 5.28. The van der Waals surface area contributed by atoms with Crippen LogP contribution < -0.4 is 11.1 Å². The second kappa shape index (κ2) is 6.72. The van der Waals surface area contributed by atoms with Crippen molar-refractivity contribution in [1.29, 1.82) is 0 Å². The fourth-order valence-electron chi connectivity index (χ4n) is 2.43. The van der Waals surface area contributed by atoms with Crippen molar-refractivity contribution in [3.8, 4) is 0 Å². The summed E-state index contributed by atoms with van der Waals surface area (Å²) in [6, 6.07) is 12.1. The molecule has 0 atom stereocenters. The highest BCUT2D eigenvalue weighted by atomic mass is 35.5. The van der Waals surface area contributed by atoms with Gasteiger partial charge in [0.2, 0.25) is 11.8 Å². The SMILES string of the molecule is NC(=O)c1cccc(NC(=O)CCn2ncc3c(Cl)cccc32)c1. The average molecular weight is 343 g/mol. The lowest BCUT2D eigenvalue weighted by molar-refractivity contribution is -0.116. The van der Waals surface area contributed by atoms with E-state index in [1.165, 1.54) is 0 Å². The predicted molar refractivity (Wildman–Crippen MR) is 92.9 cm³/mol. The number of primary amides is 1. The smallest absolute Gasteiger partial charge is 0.248 e. The third-order valence-corrected chi connectivity index (χ3v) is 3.95. The first-order chi connectivity index (χ1) is 11.5. The van der Waals surface area contributed by atoms with E-state index in [-0.39, 0.29) is 12.3 Å². The number of hydrogen-bond donors (Lipinski definition) is 2. The summed E-state index contributed by atoms with van der Waals surface area (Å²) >= 11 is 6.11. The Balaban J connectivity index is 1.66. The van der Waals surface area contributed by atoms with Crippen LogP contribution in [0.1, 0.15) is 16.8 Å². The van der Waals surface area contributed by atoms with Crippen LogP contribution in [0.25, 0.3) is 10.9 Å². The zero-order valence-electron chi connectivity index (χ0n) is 12.7. The number of carbonyl (C=O) groups is 2. The Hall–Kier alpha value is -2.86. The number of fused-ring (bicyclic) bond motifs is 1. The first kappa shape index (κ1) is 16.0. The molecule has 0 spiro atoms. The van der Waals surface area contributed by atoms with E-state index >= 15 is 0 Å². The minimum Gasteiger partial charge on any atom is -0.366 e. The van der Waals surface area contributed by atoms with Crippen molar-refractivity contribution < 1.29 is 9.59 Å². The van der Waals surface area contributed by atoms with Crippen molar-refractivity contribution in [3.63, 3.8) is 0 Å². The Morgan fingerprint density at radius 2 is 2.00 bits per heavy atom. The van der Waals surface area contributed by atoms with E-state index in [1.54, 1.807) is 41.2 Å². The largest absolute Gasteiger partial charge is 0.366 e. The maximum Gasteiger partial charge on any atom is 0.248 e. The quantitative estimate of drug-likeness (QED) is 0.747. The molecule has 0 saturated carbocycles. The first-order valence-corrected chi connectivity index (χ1v) is 7.72. The van der Waals surface area contributed by atoms with Crippen molar-refractivity contribution in [2.75, 3.05) is 5.32 Å². The van der Waals surface area contributed by atoms with E-state index in [4.69, 9.17) is 17.3 Å². The number of aromatic nitrogens is 2. The van der Waals surface area contributed by atoms with Gasteiger partial charge in [-0.3, -0.25) is 14.3 Å². The molecule has 1 aromatic heterocycles. The van der Waals surface area contributed by atoms with Crippen molar-refractivity contribution in [1.82, 2.24) is 9.78 Å². The van der Waals surface area contributed by atoms with Crippen LogP contribution in [-0.2, 0) is 11.3 Å². The van der Waals surface area contributed by atoms with Gasteiger partial charge in [-0.1, -0.05) is 23.7 Å². The summed E-state index contributed by atoms with van der Waals surface area (Å²) in [5.74, 6) is -0.715. The highest BCUT2D eigenvalue weighted by Gasteiger charge is 2.09. The molecule has 0 aliphatic rings. The fraction of sp³-hybridized carbons (Fsp3) is 0.118. The van der Waals surface area contributed by atoms with Crippen molar-refractivity contribution >= 4 is 40.0 Å². The Morgan fingerprint density at radius 3 is 2.79 bits per heavy atom. The van der Waals surface area contributed by atoms with Crippen LogP contribution in [0.5, 0.6) is 0 Å². The number of hydrogen-bond acceptors (Lipinski definition) is 3. The molecule has 0 unspecified atom stereocenters. The topological polar surface area (TPSA) is 90.0 Å². The number of anilines is 1. The standard InChI is InChI=1S/C17H15ClN4O2/c18-14-5-2-6-15-13(14)10-20-22(15)8-7-16(23)21-12-4-1-3-11(9-12)17(19)24/h1-6,9-10H,7-8H2,(H2,19,24)(H,21,23). The average Bonchev–Trinajstić information content (AvgIpc) is 2.98. The van der Waals surface area contributed by atoms with Crippen molar-refractivity contribution in [2.24, 2.45) is 5.73 Å². The van der Waals surface area contributed by atoms with Crippen LogP contribution >= 0.6 is 11.6 Å². The molecule has 122 valence electrons. The number of amides is 2. The Kier molecular flexibility index (Phi) is 4.48. The van der Waals surface area contributed by atoms with Gasteiger partial charge in [-0.2, -0.15) is 5.10 Å². The number of rotatable bonds is 5. The molecule has 7 heteroatoms. The first-order valence-electron chi connectivity index (χ1n) is 7.34. The van der Waals surface area contributed by atoms with Gasteiger partial charge in [0, 0.05) is 23.1 Å². The van der Waals surface area contributed by atoms with Crippen LogP contribution in [0.3, 0.4) is 0 Å². The number of nitrogens with two attached hydrogens (primary N) is 1. The zero-order chi connectivity index (χ0) is 17.1. The molecule has 6 nitrogen and oxygen atoms in total. The second-order valence-corrected chi connectivity index (χ2v) is 5.69. The van der Waals surface area contributed by atoms with Gasteiger partial charge in [-0.25, -0.2) is 0 Å². The lowest BCUT2D eigenvalue weighted by atomic mass is 10.2. The lowest BCUT2D eigenvalue weighted by Crippen LogP contribution is -2.16. The number of nitrogens with zero attached hydrogens (tertiary/aromatic N) is 2. The molecule has 1 heterocycles. The summed E-state index contributed by atoms with van der Waals surface area (Å²) in [5.41, 5.74) is 6.99. The van der Waals surface area contributed by atoms with E-state index in [1.807, 2.05) is 12.1 Å². The molecule has 3 N–H and O–H groups in total. The third kappa shape index (κ3) is 3.38. The third-order valence-electron chi connectivity index (χ3n) is 3.62. The molecule has 0 saturated heterocycles. The van der Waals surface area contributed by atoms with E-state index in [0.29, 0.717) is 22.8 Å². The van der Waals surface area contributed by atoms with Crippen LogP contribution in [0.4, 0.5) is 5.69 Å². The summed E-state index contributed by atoms with van der Waals surface area (Å²) in [6.07, 6.45) is 1.93. The molecule has 0 radical (unpaired) electrons. The predicted octanol–water partition coefficient (Wildman–Crippen LogP) is 2.82. The number of halogens is 1. The Morgan fingerprint density at radius 1 is 1.21 bits per heavy atom. The maximum absolute atomic E-state index is 12.1. The van der Waals surface area contributed by atoms with E-state index in [2.05, 4.69) is 10.4 Å². The Bertz CT molecular complexity index is 920. The van der Waals surface area contributed by atoms with Gasteiger partial charge in [0.25, 0.3) is 0 Å². The van der Waals surface area contributed by atoms with Gasteiger partial charge in [0.1, 0.15) is 0 Å². The van der Waals surface area contributed by atoms with Gasteiger partial charge in [0.05, 0.1) is 23.3 Å². The van der Waals surface area contributed by atoms with Crippen LogP contribution in [0.15, 0.2) is 48.7 Å². The molecule has 0 aliphatic heterocycles. The minimum absolute atomic E-state index is 0.178. The van der Waals surface area contributed by atoms with E-state index in [9.17, 15) is 9.59 Å². The number of carbonyl (C=O) groups excluding carboxylic acids is 2. The van der Waals surface area contributed by atoms with Gasteiger partial charge in [0.15, 0.2) is 0 Å². The molecule has 3 aromatic rings. The Labute approximate surface area is 143 Å². The summed E-state index contributed by atoms with van der Waals surface area (Å²) in [7, 11) is 0.